The number of aromatic nitrogens is 1. The average Bonchev–Trinajstić information content (AvgIpc) is 3.16. The van der Waals surface area contributed by atoms with Crippen molar-refractivity contribution in [2.45, 2.75) is 46.1 Å². The van der Waals surface area contributed by atoms with E-state index in [0.717, 1.165) is 24.1 Å². The number of hydrogen-bond acceptors (Lipinski definition) is 4. The summed E-state index contributed by atoms with van der Waals surface area (Å²) in [6, 6.07) is 0. The molecule has 0 aromatic carbocycles. The van der Waals surface area contributed by atoms with E-state index in [2.05, 4.69) is 39.4 Å². The van der Waals surface area contributed by atoms with Gasteiger partial charge in [-0.25, -0.2) is 9.98 Å². The highest BCUT2D eigenvalue weighted by atomic mass is 32.1. The number of likely N-dealkylation sites (tertiary alicyclic amines) is 1. The number of unbranched alkanes of at least 4 members (excludes halogenated alkanes) is 1. The number of thiazole rings is 1. The van der Waals surface area contributed by atoms with Crippen molar-refractivity contribution in [3.8, 4) is 0 Å². The van der Waals surface area contributed by atoms with Crippen LogP contribution in [0.5, 0.6) is 0 Å². The van der Waals surface area contributed by atoms with E-state index in [0.29, 0.717) is 6.54 Å². The third-order valence-electron chi connectivity index (χ3n) is 3.78. The number of guanidine groups is 1. The van der Waals surface area contributed by atoms with Crippen molar-refractivity contribution >= 4 is 17.3 Å². The van der Waals surface area contributed by atoms with Gasteiger partial charge in [-0.15, -0.1) is 11.3 Å². The molecule has 1 saturated heterocycles. The molecule has 0 saturated carbocycles. The quantitative estimate of drug-likeness (QED) is 0.438. The Bertz CT molecular complexity index is 451. The summed E-state index contributed by atoms with van der Waals surface area (Å²) in [4.78, 5) is 12.8. The smallest absolute Gasteiger partial charge is 0.191 e. The number of aliphatic imine (C=N–C) groups is 1. The first-order valence-electron chi connectivity index (χ1n) is 8.44. The number of aryl methyl sites for hydroxylation is 1. The zero-order valence-electron chi connectivity index (χ0n) is 13.9. The minimum absolute atomic E-state index is 0.654. The minimum atomic E-state index is 0.654. The van der Waals surface area contributed by atoms with Crippen LogP contribution in [0.1, 0.15) is 42.5 Å². The molecule has 1 fully saturated rings. The molecule has 124 valence electrons. The molecular weight excluding hydrogens is 294 g/mol. The molecule has 0 bridgehead atoms. The molecule has 2 rings (SSSR count). The first kappa shape index (κ1) is 17.2. The van der Waals surface area contributed by atoms with Crippen molar-refractivity contribution in [1.82, 2.24) is 20.5 Å². The van der Waals surface area contributed by atoms with Crippen LogP contribution in [0.25, 0.3) is 0 Å². The molecule has 1 aromatic rings. The van der Waals surface area contributed by atoms with Gasteiger partial charge in [-0.1, -0.05) is 0 Å². The summed E-state index contributed by atoms with van der Waals surface area (Å²) in [5, 5.41) is 7.79. The van der Waals surface area contributed by atoms with Crippen molar-refractivity contribution in [2.24, 2.45) is 4.99 Å². The lowest BCUT2D eigenvalue weighted by Crippen LogP contribution is -2.38. The van der Waals surface area contributed by atoms with Crippen LogP contribution in [0.15, 0.2) is 11.2 Å². The molecule has 0 atom stereocenters. The molecule has 0 radical (unpaired) electrons. The summed E-state index contributed by atoms with van der Waals surface area (Å²) in [6.45, 7) is 10.5. The fourth-order valence-corrected chi connectivity index (χ4v) is 3.35. The van der Waals surface area contributed by atoms with Crippen LogP contribution in [0, 0.1) is 6.92 Å². The van der Waals surface area contributed by atoms with Gasteiger partial charge in [0.2, 0.25) is 0 Å². The van der Waals surface area contributed by atoms with Crippen LogP contribution in [-0.2, 0) is 6.54 Å². The van der Waals surface area contributed by atoms with Gasteiger partial charge >= 0.3 is 0 Å². The van der Waals surface area contributed by atoms with Gasteiger partial charge in [0.15, 0.2) is 5.96 Å². The Morgan fingerprint density at radius 1 is 1.32 bits per heavy atom. The summed E-state index contributed by atoms with van der Waals surface area (Å²) in [5.41, 5.74) is 0. The highest BCUT2D eigenvalue weighted by Crippen LogP contribution is 2.11. The summed E-state index contributed by atoms with van der Waals surface area (Å²) in [5.74, 6) is 0.900. The van der Waals surface area contributed by atoms with Crippen LogP contribution in [-0.4, -0.2) is 48.6 Å². The molecule has 2 heterocycles. The second kappa shape index (κ2) is 9.79. The summed E-state index contributed by atoms with van der Waals surface area (Å²) in [7, 11) is 0. The first-order valence-corrected chi connectivity index (χ1v) is 9.25. The van der Waals surface area contributed by atoms with Gasteiger partial charge in [-0.2, -0.15) is 0 Å². The minimum Gasteiger partial charge on any atom is -0.357 e. The predicted octanol–water partition coefficient (Wildman–Crippen LogP) is 2.38. The lowest BCUT2D eigenvalue weighted by Gasteiger charge is -2.15. The fraction of sp³-hybridized carbons (Fsp3) is 0.750. The summed E-state index contributed by atoms with van der Waals surface area (Å²) in [6.07, 6.45) is 7.13. The van der Waals surface area contributed by atoms with E-state index >= 15 is 0 Å². The van der Waals surface area contributed by atoms with Crippen molar-refractivity contribution in [3.63, 3.8) is 0 Å². The van der Waals surface area contributed by atoms with E-state index < -0.39 is 0 Å². The first-order chi connectivity index (χ1) is 10.8. The van der Waals surface area contributed by atoms with Crippen LogP contribution in [0.4, 0.5) is 0 Å². The topological polar surface area (TPSA) is 52.6 Å². The van der Waals surface area contributed by atoms with Crippen LogP contribution in [0.3, 0.4) is 0 Å². The standard InChI is InChI=1S/C16H29N5S/c1-3-17-16(20-13-15-19-12-14(2)22-15)18-8-4-5-9-21-10-6-7-11-21/h12H,3-11,13H2,1-2H3,(H2,17,18,20). The molecule has 5 nitrogen and oxygen atoms in total. The lowest BCUT2D eigenvalue weighted by molar-refractivity contribution is 0.330. The van der Waals surface area contributed by atoms with Gasteiger partial charge in [0, 0.05) is 24.2 Å². The van der Waals surface area contributed by atoms with Gasteiger partial charge in [0.25, 0.3) is 0 Å². The van der Waals surface area contributed by atoms with Crippen molar-refractivity contribution < 1.29 is 0 Å². The normalized spacial score (nSPS) is 16.2. The molecular formula is C16H29N5S. The Hall–Kier alpha value is -1.14. The van der Waals surface area contributed by atoms with Gasteiger partial charge in [0.05, 0.1) is 6.54 Å². The van der Waals surface area contributed by atoms with E-state index in [4.69, 9.17) is 0 Å². The lowest BCUT2D eigenvalue weighted by atomic mass is 10.3. The maximum atomic E-state index is 4.60. The van der Waals surface area contributed by atoms with Crippen LogP contribution in [0.2, 0.25) is 0 Å². The summed E-state index contributed by atoms with van der Waals surface area (Å²) >= 11 is 1.71. The summed E-state index contributed by atoms with van der Waals surface area (Å²) < 4.78 is 0. The van der Waals surface area contributed by atoms with Gasteiger partial charge in [0.1, 0.15) is 5.01 Å². The second-order valence-corrected chi connectivity index (χ2v) is 7.06. The largest absolute Gasteiger partial charge is 0.357 e. The van der Waals surface area contributed by atoms with Gasteiger partial charge < -0.3 is 15.5 Å². The third kappa shape index (κ3) is 6.32. The number of hydrogen-bond donors (Lipinski definition) is 2. The molecule has 0 unspecified atom stereocenters. The Kier molecular flexibility index (Phi) is 7.66. The number of rotatable bonds is 8. The van der Waals surface area contributed by atoms with E-state index in [9.17, 15) is 0 Å². The third-order valence-corrected chi connectivity index (χ3v) is 4.68. The Morgan fingerprint density at radius 3 is 2.82 bits per heavy atom. The molecule has 0 aliphatic carbocycles. The van der Waals surface area contributed by atoms with Crippen LogP contribution < -0.4 is 10.6 Å². The Morgan fingerprint density at radius 2 is 2.14 bits per heavy atom. The predicted molar refractivity (Wildman–Crippen MR) is 94.6 cm³/mol. The fourth-order valence-electron chi connectivity index (χ4n) is 2.64. The van der Waals surface area contributed by atoms with E-state index in [1.54, 1.807) is 11.3 Å². The molecule has 6 heteroatoms. The van der Waals surface area contributed by atoms with E-state index in [-0.39, 0.29) is 0 Å². The average molecular weight is 324 g/mol. The van der Waals surface area contributed by atoms with Crippen molar-refractivity contribution in [1.29, 1.82) is 0 Å². The zero-order valence-corrected chi connectivity index (χ0v) is 14.7. The maximum Gasteiger partial charge on any atom is 0.191 e. The molecule has 22 heavy (non-hydrogen) atoms. The molecule has 0 amide bonds. The van der Waals surface area contributed by atoms with E-state index in [1.807, 2.05) is 6.20 Å². The van der Waals surface area contributed by atoms with Crippen LogP contribution >= 0.6 is 11.3 Å². The SMILES string of the molecule is CCNC(=NCc1ncc(C)s1)NCCCCN1CCCC1. The molecule has 1 aliphatic heterocycles. The van der Waals surface area contributed by atoms with Gasteiger partial charge in [-0.3, -0.25) is 0 Å². The van der Waals surface area contributed by atoms with E-state index in [1.165, 1.54) is 50.2 Å². The molecule has 1 aliphatic rings. The molecule has 2 N–H and O–H groups in total. The zero-order chi connectivity index (χ0) is 15.6. The molecule has 0 spiro atoms. The highest BCUT2D eigenvalue weighted by Gasteiger charge is 2.10. The number of nitrogens with zero attached hydrogens (tertiary/aromatic N) is 3. The number of nitrogens with one attached hydrogen (secondary N) is 2. The molecule has 1 aromatic heterocycles. The van der Waals surface area contributed by atoms with Gasteiger partial charge in [-0.05, 0) is 59.2 Å². The highest BCUT2D eigenvalue weighted by molar-refractivity contribution is 7.11. The second-order valence-electron chi connectivity index (χ2n) is 5.74. The Balaban J connectivity index is 1.64. The maximum absolute atomic E-state index is 4.60. The monoisotopic (exact) mass is 323 g/mol. The van der Waals surface area contributed by atoms with Crippen molar-refractivity contribution in [3.05, 3.63) is 16.1 Å². The Labute approximate surface area is 138 Å². The van der Waals surface area contributed by atoms with Crippen molar-refractivity contribution in [2.75, 3.05) is 32.7 Å².